The number of carbonyl (C=O) groups excluding carboxylic acids is 2. The van der Waals surface area contributed by atoms with Gasteiger partial charge in [0.1, 0.15) is 0 Å². The molecular formula is C27H30ClN7O2. The Kier molecular flexibility index (Phi) is 8.37. The van der Waals surface area contributed by atoms with Gasteiger partial charge in [-0.2, -0.15) is 0 Å². The molecule has 1 saturated carbocycles. The van der Waals surface area contributed by atoms with Crippen molar-refractivity contribution in [1.29, 1.82) is 0 Å². The predicted octanol–water partition coefficient (Wildman–Crippen LogP) is 2.55. The van der Waals surface area contributed by atoms with Crippen LogP contribution in [0.1, 0.15) is 36.0 Å². The maximum absolute atomic E-state index is 12.8. The summed E-state index contributed by atoms with van der Waals surface area (Å²) in [5.41, 5.74) is 7.85. The van der Waals surface area contributed by atoms with Gasteiger partial charge >= 0.3 is 0 Å². The summed E-state index contributed by atoms with van der Waals surface area (Å²) in [5.74, 6) is 0.0461. The Morgan fingerprint density at radius 3 is 2.65 bits per heavy atom. The summed E-state index contributed by atoms with van der Waals surface area (Å²) >= 11 is 6.36. The van der Waals surface area contributed by atoms with Gasteiger partial charge in [0.05, 0.1) is 16.9 Å². The minimum atomic E-state index is -0.271. The molecule has 0 aliphatic heterocycles. The van der Waals surface area contributed by atoms with E-state index in [1.807, 2.05) is 0 Å². The molecule has 0 saturated heterocycles. The van der Waals surface area contributed by atoms with Crippen LogP contribution in [0.25, 0.3) is 24.4 Å². The van der Waals surface area contributed by atoms with Gasteiger partial charge < -0.3 is 26.7 Å². The number of nitrogens with one attached hydrogen (secondary N) is 4. The van der Waals surface area contributed by atoms with Crippen molar-refractivity contribution in [3.8, 4) is 11.3 Å². The number of carbonyl (C=O) groups is 2. The third kappa shape index (κ3) is 6.63. The lowest BCUT2D eigenvalue weighted by Crippen LogP contribution is -2.42. The fraction of sp³-hybridized carbons (Fsp3) is 0.259. The van der Waals surface area contributed by atoms with Crippen LogP contribution in [0.15, 0.2) is 48.8 Å². The second-order valence-electron chi connectivity index (χ2n) is 8.93. The summed E-state index contributed by atoms with van der Waals surface area (Å²) in [6, 6.07) is 6.88. The highest BCUT2D eigenvalue weighted by Crippen LogP contribution is 2.26. The topological polar surface area (TPSA) is 138 Å². The number of anilines is 2. The van der Waals surface area contributed by atoms with Crippen molar-refractivity contribution in [2.24, 2.45) is 5.73 Å². The number of H-pyrrole nitrogens is 1. The summed E-state index contributed by atoms with van der Waals surface area (Å²) in [4.78, 5) is 36.6. The SMILES string of the molecule is C=c1[nH]cc(-c2nc(NC3CCCC(NC(=O)c4ccc(NC(=O)/C=C/CN)cc4)C3)ncc2Cl)c1=C. The Balaban J connectivity index is 1.36. The van der Waals surface area contributed by atoms with Crippen molar-refractivity contribution in [3.63, 3.8) is 0 Å². The molecule has 4 rings (SSSR count). The zero-order valence-corrected chi connectivity index (χ0v) is 21.1. The van der Waals surface area contributed by atoms with Crippen molar-refractivity contribution in [3.05, 3.63) is 70.0 Å². The normalized spacial score (nSPS) is 17.5. The van der Waals surface area contributed by atoms with Gasteiger partial charge in [0.25, 0.3) is 5.91 Å². The fourth-order valence-electron chi connectivity index (χ4n) is 4.30. The minimum absolute atomic E-state index is 0.0103. The molecule has 2 atom stereocenters. The number of hydrogen-bond donors (Lipinski definition) is 5. The molecule has 2 aromatic heterocycles. The highest BCUT2D eigenvalue weighted by atomic mass is 35.5. The van der Waals surface area contributed by atoms with Gasteiger partial charge in [-0.05, 0) is 49.9 Å². The van der Waals surface area contributed by atoms with E-state index in [-0.39, 0.29) is 23.9 Å². The van der Waals surface area contributed by atoms with Crippen LogP contribution in [0.4, 0.5) is 11.6 Å². The molecule has 1 aliphatic rings. The fourth-order valence-corrected chi connectivity index (χ4v) is 4.49. The Morgan fingerprint density at radius 1 is 1.19 bits per heavy atom. The summed E-state index contributed by atoms with van der Waals surface area (Å²) < 4.78 is 0. The van der Waals surface area contributed by atoms with Gasteiger partial charge in [-0.3, -0.25) is 9.59 Å². The second-order valence-corrected chi connectivity index (χ2v) is 9.34. The maximum atomic E-state index is 12.8. The summed E-state index contributed by atoms with van der Waals surface area (Å²) in [5, 5.41) is 11.1. The number of nitrogens with zero attached hydrogens (tertiary/aromatic N) is 2. The van der Waals surface area contributed by atoms with Crippen LogP contribution in [0.2, 0.25) is 5.02 Å². The summed E-state index contributed by atoms with van der Waals surface area (Å²) in [6.45, 7) is 8.24. The van der Waals surface area contributed by atoms with Gasteiger partial charge in [0, 0.05) is 58.3 Å². The van der Waals surface area contributed by atoms with Gasteiger partial charge in [-0.15, -0.1) is 0 Å². The lowest BCUT2D eigenvalue weighted by molar-refractivity contribution is -0.111. The van der Waals surface area contributed by atoms with Gasteiger partial charge in [0.2, 0.25) is 11.9 Å². The average Bonchev–Trinajstić information content (AvgIpc) is 3.22. The van der Waals surface area contributed by atoms with Crippen molar-refractivity contribution < 1.29 is 9.59 Å². The molecule has 2 heterocycles. The van der Waals surface area contributed by atoms with E-state index in [2.05, 4.69) is 44.1 Å². The number of amides is 2. The number of nitrogens with two attached hydrogens (primary N) is 1. The van der Waals surface area contributed by atoms with Crippen LogP contribution in [-0.2, 0) is 4.79 Å². The van der Waals surface area contributed by atoms with Crippen LogP contribution < -0.4 is 32.3 Å². The average molecular weight is 520 g/mol. The molecule has 0 spiro atoms. The Labute approximate surface area is 219 Å². The van der Waals surface area contributed by atoms with Crippen LogP contribution in [-0.4, -0.2) is 45.4 Å². The van der Waals surface area contributed by atoms with Crippen LogP contribution >= 0.6 is 11.6 Å². The van der Waals surface area contributed by atoms with Gasteiger partial charge in [0.15, 0.2) is 0 Å². The highest BCUT2D eigenvalue weighted by molar-refractivity contribution is 6.32. The second kappa shape index (κ2) is 11.9. The molecule has 37 heavy (non-hydrogen) atoms. The first-order chi connectivity index (χ1) is 17.8. The summed E-state index contributed by atoms with van der Waals surface area (Å²) in [6.07, 6.45) is 9.82. The first-order valence-electron chi connectivity index (χ1n) is 12.1. The molecule has 0 radical (unpaired) electrons. The number of aromatic nitrogens is 3. The van der Waals surface area contributed by atoms with Crippen molar-refractivity contribution in [2.45, 2.75) is 37.8 Å². The first-order valence-corrected chi connectivity index (χ1v) is 12.4. The molecule has 1 aliphatic carbocycles. The number of benzene rings is 1. The molecule has 2 unspecified atom stereocenters. The number of rotatable bonds is 8. The number of aromatic amines is 1. The summed E-state index contributed by atoms with van der Waals surface area (Å²) in [7, 11) is 0. The molecule has 2 amide bonds. The van der Waals surface area contributed by atoms with Crippen molar-refractivity contribution in [2.75, 3.05) is 17.2 Å². The van der Waals surface area contributed by atoms with E-state index in [0.29, 0.717) is 39.8 Å². The van der Waals surface area contributed by atoms with E-state index >= 15 is 0 Å². The Hall–Kier alpha value is -3.95. The molecule has 9 nitrogen and oxygen atoms in total. The molecule has 1 aromatic carbocycles. The lowest BCUT2D eigenvalue weighted by atomic mass is 9.91. The Morgan fingerprint density at radius 2 is 1.95 bits per heavy atom. The Bertz CT molecular complexity index is 1400. The van der Waals surface area contributed by atoms with Crippen LogP contribution in [0, 0.1) is 0 Å². The van der Waals surface area contributed by atoms with Crippen LogP contribution in [0.3, 0.4) is 0 Å². The maximum Gasteiger partial charge on any atom is 0.251 e. The minimum Gasteiger partial charge on any atom is -0.361 e. The largest absolute Gasteiger partial charge is 0.361 e. The number of hydrogen-bond acceptors (Lipinski definition) is 6. The molecule has 3 aromatic rings. The zero-order chi connectivity index (χ0) is 26.4. The van der Waals surface area contributed by atoms with E-state index in [1.165, 1.54) is 6.08 Å². The molecule has 1 fully saturated rings. The molecule has 192 valence electrons. The standard InChI is InChI=1S/C27H30ClN7O2/c1-16-17(2)30-14-22(16)25-23(28)15-31-27(35-25)34-21-6-3-5-20(13-21)33-26(37)18-8-10-19(11-9-18)32-24(36)7-4-12-29/h4,7-11,14-15,20-21,30H,1-3,5-6,12-13,29H2,(H,32,36)(H,33,37)(H,31,34,35)/b7-4+. The molecule has 0 bridgehead atoms. The van der Waals surface area contributed by atoms with Gasteiger partial charge in [-0.1, -0.05) is 30.8 Å². The van der Waals surface area contributed by atoms with E-state index in [9.17, 15) is 9.59 Å². The van der Waals surface area contributed by atoms with E-state index in [4.69, 9.17) is 17.3 Å². The monoisotopic (exact) mass is 519 g/mol. The predicted molar refractivity (Wildman–Crippen MR) is 148 cm³/mol. The lowest BCUT2D eigenvalue weighted by Gasteiger charge is -2.30. The highest BCUT2D eigenvalue weighted by Gasteiger charge is 2.24. The third-order valence-corrected chi connectivity index (χ3v) is 6.52. The van der Waals surface area contributed by atoms with E-state index in [1.54, 1.807) is 42.7 Å². The number of halogens is 1. The van der Waals surface area contributed by atoms with Gasteiger partial charge in [-0.25, -0.2) is 9.97 Å². The van der Waals surface area contributed by atoms with Crippen LogP contribution in [0.5, 0.6) is 0 Å². The zero-order valence-electron chi connectivity index (χ0n) is 20.4. The third-order valence-electron chi connectivity index (χ3n) is 6.24. The smallest absolute Gasteiger partial charge is 0.251 e. The molecule has 10 heteroatoms. The van der Waals surface area contributed by atoms with Crippen molar-refractivity contribution >= 4 is 48.2 Å². The van der Waals surface area contributed by atoms with E-state index in [0.717, 1.165) is 36.5 Å². The van der Waals surface area contributed by atoms with Crippen molar-refractivity contribution in [1.82, 2.24) is 20.3 Å². The first kappa shape index (κ1) is 26.1. The molecular weight excluding hydrogens is 490 g/mol. The van der Waals surface area contributed by atoms with E-state index < -0.39 is 0 Å². The quantitative estimate of drug-likeness (QED) is 0.290. The molecule has 6 N–H and O–H groups in total.